The van der Waals surface area contributed by atoms with Gasteiger partial charge in [0, 0.05) is 36.9 Å². The van der Waals surface area contributed by atoms with Crippen molar-refractivity contribution < 1.29 is 9.90 Å². The molecule has 3 aromatic rings. The van der Waals surface area contributed by atoms with Gasteiger partial charge < -0.3 is 15.7 Å². The Morgan fingerprint density at radius 1 is 1.21 bits per heavy atom. The third-order valence-corrected chi connectivity index (χ3v) is 8.10. The number of rotatable bonds is 6. The highest BCUT2D eigenvalue weighted by atomic mass is 32.1. The fourth-order valence-electron chi connectivity index (χ4n) is 5.04. The van der Waals surface area contributed by atoms with Crippen LogP contribution in [0.3, 0.4) is 0 Å². The molecule has 2 aliphatic rings. The molecule has 0 atom stereocenters. The highest BCUT2D eigenvalue weighted by Crippen LogP contribution is 2.41. The van der Waals surface area contributed by atoms with Crippen LogP contribution in [0.4, 0.5) is 5.82 Å². The lowest BCUT2D eigenvalue weighted by Crippen LogP contribution is -2.63. The van der Waals surface area contributed by atoms with E-state index in [1.807, 2.05) is 19.2 Å². The number of anilines is 1. The molecule has 1 aliphatic heterocycles. The number of aromatic nitrogens is 2. The Bertz CT molecular complexity index is 1150. The topological polar surface area (TPSA) is 90.4 Å². The molecule has 2 fully saturated rings. The molecule has 1 amide bonds. The van der Waals surface area contributed by atoms with Crippen molar-refractivity contribution in [1.29, 1.82) is 0 Å². The van der Waals surface area contributed by atoms with Crippen molar-refractivity contribution in [3.05, 3.63) is 52.1 Å². The first kappa shape index (κ1) is 22.3. The normalized spacial score (nSPS) is 23.9. The Labute approximate surface area is 198 Å². The van der Waals surface area contributed by atoms with Crippen LogP contribution in [-0.4, -0.2) is 57.6 Å². The number of aryl methyl sites for hydroxylation is 2. The first-order valence-corrected chi connectivity index (χ1v) is 12.5. The van der Waals surface area contributed by atoms with Crippen molar-refractivity contribution >= 4 is 33.8 Å². The Kier molecular flexibility index (Phi) is 6.07. The second-order valence-corrected chi connectivity index (χ2v) is 10.7. The molecule has 3 N–H and O–H groups in total. The molecule has 1 aliphatic carbocycles. The number of nitrogens with one attached hydrogen (secondary N) is 2. The number of amides is 1. The predicted octanol–water partition coefficient (Wildman–Crippen LogP) is 3.35. The average Bonchev–Trinajstić information content (AvgIpc) is 3.22. The van der Waals surface area contributed by atoms with E-state index in [0.29, 0.717) is 6.04 Å². The molecule has 5 rings (SSSR count). The van der Waals surface area contributed by atoms with Gasteiger partial charge in [-0.2, -0.15) is 0 Å². The zero-order valence-electron chi connectivity index (χ0n) is 19.2. The van der Waals surface area contributed by atoms with E-state index in [-0.39, 0.29) is 18.5 Å². The van der Waals surface area contributed by atoms with E-state index in [2.05, 4.69) is 50.6 Å². The van der Waals surface area contributed by atoms with Gasteiger partial charge in [0.15, 0.2) is 0 Å². The van der Waals surface area contributed by atoms with E-state index in [4.69, 9.17) is 0 Å². The SMILES string of the molecule is Cc1ccc2ccnc(NCC(=O)NC3CN(C4CCC(O)(c5cnc(C)s5)CC4)C3)c2c1. The molecule has 7 nitrogen and oxygen atoms in total. The van der Waals surface area contributed by atoms with Crippen molar-refractivity contribution in [3.8, 4) is 0 Å². The molecule has 0 radical (unpaired) electrons. The summed E-state index contributed by atoms with van der Waals surface area (Å²) in [6.45, 7) is 5.99. The number of benzene rings is 1. The summed E-state index contributed by atoms with van der Waals surface area (Å²) < 4.78 is 0. The van der Waals surface area contributed by atoms with Gasteiger partial charge in [-0.3, -0.25) is 9.69 Å². The van der Waals surface area contributed by atoms with Gasteiger partial charge in [-0.1, -0.05) is 17.7 Å². The number of fused-ring (bicyclic) bond motifs is 1. The number of carbonyl (C=O) groups is 1. The van der Waals surface area contributed by atoms with Crippen molar-refractivity contribution in [2.24, 2.45) is 0 Å². The van der Waals surface area contributed by atoms with Gasteiger partial charge >= 0.3 is 0 Å². The third kappa shape index (κ3) is 4.74. The maximum Gasteiger partial charge on any atom is 0.239 e. The highest BCUT2D eigenvalue weighted by molar-refractivity contribution is 7.11. The van der Waals surface area contributed by atoms with Crippen LogP contribution in [0.15, 0.2) is 36.7 Å². The summed E-state index contributed by atoms with van der Waals surface area (Å²) in [5.41, 5.74) is 0.446. The molecule has 2 aromatic heterocycles. The van der Waals surface area contributed by atoms with Gasteiger partial charge in [-0.05, 0) is 57.0 Å². The van der Waals surface area contributed by atoms with Crippen molar-refractivity contribution in [2.45, 2.75) is 57.2 Å². The van der Waals surface area contributed by atoms with Gasteiger partial charge in [-0.25, -0.2) is 9.97 Å². The minimum absolute atomic E-state index is 0.00955. The maximum absolute atomic E-state index is 12.5. The molecule has 1 saturated heterocycles. The average molecular weight is 466 g/mol. The first-order valence-electron chi connectivity index (χ1n) is 11.7. The van der Waals surface area contributed by atoms with E-state index in [9.17, 15) is 9.90 Å². The standard InChI is InChI=1S/C25H31N5O2S/c1-16-3-4-18-7-10-26-24(21(18)11-16)28-13-23(31)29-19-14-30(15-19)20-5-8-25(32,9-6-20)22-12-27-17(2)33-22/h3-4,7,10-12,19-20,32H,5-6,8-9,13-15H2,1-2H3,(H,26,28)(H,29,31). The van der Waals surface area contributed by atoms with Gasteiger partial charge in [0.25, 0.3) is 0 Å². The lowest BCUT2D eigenvalue weighted by molar-refractivity contribution is -0.121. The van der Waals surface area contributed by atoms with Gasteiger partial charge in [0.05, 0.1) is 22.5 Å². The predicted molar refractivity (Wildman–Crippen MR) is 131 cm³/mol. The Hall–Kier alpha value is -2.55. The maximum atomic E-state index is 12.5. The Morgan fingerprint density at radius 3 is 2.73 bits per heavy atom. The minimum Gasteiger partial charge on any atom is -0.384 e. The number of carbonyl (C=O) groups excluding carboxylic acids is 1. The smallest absolute Gasteiger partial charge is 0.239 e. The molecule has 174 valence electrons. The number of pyridine rings is 1. The summed E-state index contributed by atoms with van der Waals surface area (Å²) in [5.74, 6) is 0.733. The van der Waals surface area contributed by atoms with Crippen LogP contribution >= 0.6 is 11.3 Å². The summed E-state index contributed by atoms with van der Waals surface area (Å²) >= 11 is 1.60. The lowest BCUT2D eigenvalue weighted by atomic mass is 9.80. The summed E-state index contributed by atoms with van der Waals surface area (Å²) in [6, 6.07) is 8.89. The van der Waals surface area contributed by atoms with E-state index in [1.165, 1.54) is 5.56 Å². The van der Waals surface area contributed by atoms with Crippen LogP contribution in [0.2, 0.25) is 0 Å². The molecular weight excluding hydrogens is 434 g/mol. The van der Waals surface area contributed by atoms with Gasteiger partial charge in [0.2, 0.25) is 5.91 Å². The molecule has 0 unspecified atom stereocenters. The van der Waals surface area contributed by atoms with Crippen molar-refractivity contribution in [1.82, 2.24) is 20.2 Å². The van der Waals surface area contributed by atoms with E-state index in [1.54, 1.807) is 17.5 Å². The number of thiazole rings is 1. The first-order chi connectivity index (χ1) is 15.9. The summed E-state index contributed by atoms with van der Waals surface area (Å²) in [6.07, 6.45) is 7.09. The molecule has 1 saturated carbocycles. The van der Waals surface area contributed by atoms with Crippen LogP contribution in [0.5, 0.6) is 0 Å². The second-order valence-electron chi connectivity index (χ2n) is 9.46. The minimum atomic E-state index is -0.721. The van der Waals surface area contributed by atoms with Gasteiger partial charge in [0.1, 0.15) is 11.4 Å². The lowest BCUT2D eigenvalue weighted by Gasteiger charge is -2.48. The number of hydrogen-bond acceptors (Lipinski definition) is 7. The quantitative estimate of drug-likeness (QED) is 0.517. The van der Waals surface area contributed by atoms with E-state index in [0.717, 1.165) is 65.2 Å². The van der Waals surface area contributed by atoms with E-state index < -0.39 is 5.60 Å². The number of aliphatic hydroxyl groups is 1. The monoisotopic (exact) mass is 465 g/mol. The van der Waals surface area contributed by atoms with Crippen LogP contribution < -0.4 is 10.6 Å². The fourth-order valence-corrected chi connectivity index (χ4v) is 5.96. The van der Waals surface area contributed by atoms with Crippen molar-refractivity contribution in [2.75, 3.05) is 25.0 Å². The van der Waals surface area contributed by atoms with Crippen LogP contribution in [0.1, 0.15) is 41.1 Å². The third-order valence-electron chi connectivity index (χ3n) is 6.99. The zero-order valence-corrected chi connectivity index (χ0v) is 20.0. The largest absolute Gasteiger partial charge is 0.384 e. The van der Waals surface area contributed by atoms with Crippen LogP contribution in [0.25, 0.3) is 10.8 Å². The molecule has 33 heavy (non-hydrogen) atoms. The van der Waals surface area contributed by atoms with Crippen molar-refractivity contribution in [3.63, 3.8) is 0 Å². The second kappa shape index (κ2) is 9.00. The molecule has 1 aromatic carbocycles. The van der Waals surface area contributed by atoms with Gasteiger partial charge in [-0.15, -0.1) is 11.3 Å². The Morgan fingerprint density at radius 2 is 2.00 bits per heavy atom. The Balaban J connectivity index is 1.07. The highest BCUT2D eigenvalue weighted by Gasteiger charge is 2.41. The summed E-state index contributed by atoms with van der Waals surface area (Å²) in [4.78, 5) is 24.6. The van der Waals surface area contributed by atoms with Crippen LogP contribution in [-0.2, 0) is 10.4 Å². The molecular formula is C25H31N5O2S. The summed E-state index contributed by atoms with van der Waals surface area (Å²) in [5, 5.41) is 20.5. The number of hydrogen-bond donors (Lipinski definition) is 3. The fraction of sp³-hybridized carbons (Fsp3) is 0.480. The number of nitrogens with zero attached hydrogens (tertiary/aromatic N) is 3. The number of likely N-dealkylation sites (tertiary alicyclic amines) is 1. The molecule has 0 spiro atoms. The van der Waals surface area contributed by atoms with Crippen LogP contribution in [0, 0.1) is 13.8 Å². The summed E-state index contributed by atoms with van der Waals surface area (Å²) in [7, 11) is 0. The van der Waals surface area contributed by atoms with E-state index >= 15 is 0 Å². The zero-order chi connectivity index (χ0) is 23.0. The molecule has 0 bridgehead atoms. The molecule has 8 heteroatoms. The molecule has 3 heterocycles.